The van der Waals surface area contributed by atoms with Crippen molar-refractivity contribution >= 4 is 38.6 Å². The summed E-state index contributed by atoms with van der Waals surface area (Å²) in [4.78, 5) is 4.45. The Kier molecular flexibility index (Phi) is 3.06. The summed E-state index contributed by atoms with van der Waals surface area (Å²) < 4.78 is 14.6. The molecular formula is C15H14FN3S. The maximum atomic E-state index is 13.6. The molecule has 3 rings (SSSR count). The van der Waals surface area contributed by atoms with Gasteiger partial charge in [0.05, 0.1) is 26.6 Å². The Hall–Kier alpha value is -2.14. The number of nitrogens with two attached hydrogens (primary N) is 1. The van der Waals surface area contributed by atoms with E-state index in [1.54, 1.807) is 24.3 Å². The van der Waals surface area contributed by atoms with Gasteiger partial charge in [0.2, 0.25) is 0 Å². The number of aromatic nitrogens is 1. The van der Waals surface area contributed by atoms with Crippen LogP contribution in [0.15, 0.2) is 30.3 Å². The maximum Gasteiger partial charge on any atom is 0.128 e. The number of fused-ring (bicyclic) bond motifs is 1. The molecule has 0 aliphatic heterocycles. The maximum absolute atomic E-state index is 13.6. The fourth-order valence-electron chi connectivity index (χ4n) is 2.10. The van der Waals surface area contributed by atoms with Crippen LogP contribution in [0.3, 0.4) is 0 Å². The highest BCUT2D eigenvalue weighted by Crippen LogP contribution is 2.32. The van der Waals surface area contributed by atoms with Crippen molar-refractivity contribution in [2.75, 3.05) is 11.1 Å². The molecule has 0 aliphatic carbocycles. The molecule has 3 aromatic rings. The number of nitrogens with one attached hydrogen (secondary N) is 1. The minimum absolute atomic E-state index is 0.237. The summed E-state index contributed by atoms with van der Waals surface area (Å²) in [5, 5.41) is 4.18. The Labute approximate surface area is 120 Å². The zero-order valence-corrected chi connectivity index (χ0v) is 12.0. The quantitative estimate of drug-likeness (QED) is 0.688. The fourth-order valence-corrected chi connectivity index (χ4v) is 2.96. The molecule has 0 radical (unpaired) electrons. The van der Waals surface area contributed by atoms with Gasteiger partial charge < -0.3 is 11.1 Å². The third-order valence-electron chi connectivity index (χ3n) is 3.20. The second kappa shape index (κ2) is 4.76. The molecule has 0 unspecified atom stereocenters. The summed E-state index contributed by atoms with van der Waals surface area (Å²) >= 11 is 1.61. The van der Waals surface area contributed by atoms with E-state index < -0.39 is 0 Å². The minimum atomic E-state index is -0.237. The topological polar surface area (TPSA) is 50.9 Å². The molecule has 3 nitrogen and oxygen atoms in total. The van der Waals surface area contributed by atoms with Crippen molar-refractivity contribution in [1.29, 1.82) is 0 Å². The number of anilines is 3. The van der Waals surface area contributed by atoms with Crippen molar-refractivity contribution in [1.82, 2.24) is 4.98 Å². The largest absolute Gasteiger partial charge is 0.397 e. The normalized spacial score (nSPS) is 10.9. The Morgan fingerprint density at radius 2 is 2.00 bits per heavy atom. The lowest BCUT2D eigenvalue weighted by Gasteiger charge is -2.12. The van der Waals surface area contributed by atoms with Gasteiger partial charge in [-0.05, 0) is 38.1 Å². The molecule has 0 bridgehead atoms. The highest BCUT2D eigenvalue weighted by Gasteiger charge is 2.09. The molecule has 0 fully saturated rings. The first kappa shape index (κ1) is 12.9. The number of hydrogen-bond donors (Lipinski definition) is 2. The molecule has 5 heteroatoms. The molecule has 2 aromatic carbocycles. The standard InChI is InChI=1S/C15H14FN3S/c1-8-10(16)4-3-5-12(8)19-13-7-14-15(6-11(13)17)20-9(2)18-14/h3-7,19H,17H2,1-2H3. The van der Waals surface area contributed by atoms with Crippen LogP contribution in [0.1, 0.15) is 10.6 Å². The first-order chi connectivity index (χ1) is 9.54. The highest BCUT2D eigenvalue weighted by molar-refractivity contribution is 7.18. The van der Waals surface area contributed by atoms with Gasteiger partial charge in [-0.1, -0.05) is 6.07 Å². The molecule has 0 saturated heterocycles. The molecule has 0 amide bonds. The average Bonchev–Trinajstić information content (AvgIpc) is 2.74. The van der Waals surface area contributed by atoms with E-state index in [1.165, 1.54) is 6.07 Å². The van der Waals surface area contributed by atoms with Gasteiger partial charge in [0, 0.05) is 11.3 Å². The van der Waals surface area contributed by atoms with Crippen molar-refractivity contribution in [3.8, 4) is 0 Å². The van der Waals surface area contributed by atoms with E-state index in [1.807, 2.05) is 25.1 Å². The van der Waals surface area contributed by atoms with Crippen molar-refractivity contribution in [2.45, 2.75) is 13.8 Å². The van der Waals surface area contributed by atoms with Crippen LogP contribution in [0.5, 0.6) is 0 Å². The van der Waals surface area contributed by atoms with Crippen LogP contribution in [-0.2, 0) is 0 Å². The van der Waals surface area contributed by atoms with Gasteiger partial charge in [-0.2, -0.15) is 0 Å². The molecule has 1 heterocycles. The first-order valence-electron chi connectivity index (χ1n) is 6.23. The molecule has 0 aliphatic rings. The summed E-state index contributed by atoms with van der Waals surface area (Å²) in [6, 6.07) is 8.74. The van der Waals surface area contributed by atoms with E-state index in [0.29, 0.717) is 16.9 Å². The number of hydrogen-bond acceptors (Lipinski definition) is 4. The monoisotopic (exact) mass is 287 g/mol. The van der Waals surface area contributed by atoms with Gasteiger partial charge in [0.25, 0.3) is 0 Å². The van der Waals surface area contributed by atoms with Gasteiger partial charge in [-0.15, -0.1) is 11.3 Å². The molecule has 0 spiro atoms. The van der Waals surface area contributed by atoms with E-state index in [-0.39, 0.29) is 5.82 Å². The molecule has 20 heavy (non-hydrogen) atoms. The highest BCUT2D eigenvalue weighted by atomic mass is 32.1. The smallest absolute Gasteiger partial charge is 0.128 e. The molecule has 3 N–H and O–H groups in total. The summed E-state index contributed by atoms with van der Waals surface area (Å²) in [7, 11) is 0. The summed E-state index contributed by atoms with van der Waals surface area (Å²) in [5.41, 5.74) is 9.61. The molecule has 102 valence electrons. The second-order valence-corrected chi connectivity index (χ2v) is 5.91. The lowest BCUT2D eigenvalue weighted by Crippen LogP contribution is -1.99. The van der Waals surface area contributed by atoms with Crippen molar-refractivity contribution < 1.29 is 4.39 Å². The lowest BCUT2D eigenvalue weighted by molar-refractivity contribution is 0.619. The predicted octanol–water partition coefficient (Wildman–Crippen LogP) is 4.38. The number of halogens is 1. The third-order valence-corrected chi connectivity index (χ3v) is 4.14. The summed E-state index contributed by atoms with van der Waals surface area (Å²) in [6.07, 6.45) is 0. The summed E-state index contributed by atoms with van der Waals surface area (Å²) in [6.45, 7) is 3.70. The second-order valence-electron chi connectivity index (χ2n) is 4.68. The number of thiazole rings is 1. The Morgan fingerprint density at radius 3 is 2.80 bits per heavy atom. The van der Waals surface area contributed by atoms with Crippen LogP contribution in [-0.4, -0.2) is 4.98 Å². The lowest BCUT2D eigenvalue weighted by atomic mass is 10.1. The predicted molar refractivity (Wildman–Crippen MR) is 83.2 cm³/mol. The third kappa shape index (κ3) is 2.20. The van der Waals surface area contributed by atoms with Crippen LogP contribution in [0.2, 0.25) is 0 Å². The van der Waals surface area contributed by atoms with E-state index in [2.05, 4.69) is 10.3 Å². The van der Waals surface area contributed by atoms with Gasteiger partial charge >= 0.3 is 0 Å². The van der Waals surface area contributed by atoms with Gasteiger partial charge in [0.1, 0.15) is 5.82 Å². The number of nitrogens with zero attached hydrogens (tertiary/aromatic N) is 1. The minimum Gasteiger partial charge on any atom is -0.397 e. The number of benzene rings is 2. The Bertz CT molecular complexity index is 795. The van der Waals surface area contributed by atoms with Gasteiger partial charge in [-0.25, -0.2) is 9.37 Å². The zero-order chi connectivity index (χ0) is 14.3. The number of aryl methyl sites for hydroxylation is 1. The van der Waals surface area contributed by atoms with Crippen molar-refractivity contribution in [3.63, 3.8) is 0 Å². The number of rotatable bonds is 2. The molecular weight excluding hydrogens is 273 g/mol. The zero-order valence-electron chi connectivity index (χ0n) is 11.2. The van der Waals surface area contributed by atoms with Gasteiger partial charge in [-0.3, -0.25) is 0 Å². The van der Waals surface area contributed by atoms with E-state index in [4.69, 9.17) is 5.73 Å². The van der Waals surface area contributed by atoms with Crippen LogP contribution >= 0.6 is 11.3 Å². The van der Waals surface area contributed by atoms with E-state index in [9.17, 15) is 4.39 Å². The first-order valence-corrected chi connectivity index (χ1v) is 7.05. The van der Waals surface area contributed by atoms with Crippen LogP contribution in [0, 0.1) is 19.7 Å². The fraction of sp³-hybridized carbons (Fsp3) is 0.133. The molecule has 1 aromatic heterocycles. The SMILES string of the molecule is Cc1nc2cc(Nc3cccc(F)c3C)c(N)cc2s1. The Balaban J connectivity index is 2.05. The van der Waals surface area contributed by atoms with Crippen molar-refractivity contribution in [2.24, 2.45) is 0 Å². The summed E-state index contributed by atoms with van der Waals surface area (Å²) in [5.74, 6) is -0.237. The van der Waals surface area contributed by atoms with E-state index >= 15 is 0 Å². The van der Waals surface area contributed by atoms with E-state index in [0.717, 1.165) is 20.9 Å². The average molecular weight is 287 g/mol. The van der Waals surface area contributed by atoms with Crippen LogP contribution < -0.4 is 11.1 Å². The molecule has 0 saturated carbocycles. The Morgan fingerprint density at radius 1 is 1.20 bits per heavy atom. The number of nitrogen functional groups attached to an aromatic ring is 1. The van der Waals surface area contributed by atoms with Crippen LogP contribution in [0.25, 0.3) is 10.2 Å². The van der Waals surface area contributed by atoms with Crippen molar-refractivity contribution in [3.05, 3.63) is 46.7 Å². The molecule has 0 atom stereocenters. The van der Waals surface area contributed by atoms with Crippen LogP contribution in [0.4, 0.5) is 21.5 Å². The van der Waals surface area contributed by atoms with Gasteiger partial charge in [0.15, 0.2) is 0 Å².